The van der Waals surface area contributed by atoms with Gasteiger partial charge in [0.1, 0.15) is 5.75 Å². The molecule has 1 unspecified atom stereocenters. The van der Waals surface area contributed by atoms with E-state index in [1.165, 1.54) is 5.56 Å². The zero-order chi connectivity index (χ0) is 15.2. The molecule has 0 aromatic heterocycles. The van der Waals surface area contributed by atoms with Crippen LogP contribution < -0.4 is 15.8 Å². The molecule has 0 radical (unpaired) electrons. The lowest BCUT2D eigenvalue weighted by Gasteiger charge is -2.19. The van der Waals surface area contributed by atoms with Gasteiger partial charge in [0, 0.05) is 18.5 Å². The zero-order valence-electron chi connectivity index (χ0n) is 13.0. The van der Waals surface area contributed by atoms with Gasteiger partial charge < -0.3 is 15.8 Å². The number of nitrogens with one attached hydrogen (secondary N) is 1. The molecule has 0 saturated carbocycles. The molecular formula is C17H26N2O2. The number of hydrogen-bond acceptors (Lipinski definition) is 3. The Balaban J connectivity index is 1.84. The minimum Gasteiger partial charge on any atom is -0.493 e. The molecule has 4 heteroatoms. The van der Waals surface area contributed by atoms with Gasteiger partial charge in [-0.2, -0.15) is 0 Å². The Morgan fingerprint density at radius 3 is 2.90 bits per heavy atom. The van der Waals surface area contributed by atoms with Gasteiger partial charge in [0.15, 0.2) is 0 Å². The third-order valence-corrected chi connectivity index (χ3v) is 4.20. The number of rotatable bonds is 7. The Kier molecular flexibility index (Phi) is 5.62. The maximum atomic E-state index is 12.1. The van der Waals surface area contributed by atoms with Crippen molar-refractivity contribution in [2.24, 2.45) is 17.6 Å². The predicted molar refractivity (Wildman–Crippen MR) is 85.5 cm³/mol. The SMILES string of the molecule is CC(C)C(CCN)CCC(=O)Nc1ccc2c(c1)CCO2. The summed E-state index contributed by atoms with van der Waals surface area (Å²) in [5.74, 6) is 2.11. The third-order valence-electron chi connectivity index (χ3n) is 4.20. The average Bonchev–Trinajstić information content (AvgIpc) is 2.90. The molecule has 0 bridgehead atoms. The Bertz CT molecular complexity index is 486. The minimum absolute atomic E-state index is 0.0801. The minimum atomic E-state index is 0.0801. The Hall–Kier alpha value is -1.55. The molecule has 1 amide bonds. The van der Waals surface area contributed by atoms with Crippen LogP contribution in [0.15, 0.2) is 18.2 Å². The van der Waals surface area contributed by atoms with Crippen LogP contribution in [-0.2, 0) is 11.2 Å². The van der Waals surface area contributed by atoms with Gasteiger partial charge in [0.2, 0.25) is 5.91 Å². The van der Waals surface area contributed by atoms with Crippen LogP contribution in [0.5, 0.6) is 5.75 Å². The quantitative estimate of drug-likeness (QED) is 0.811. The van der Waals surface area contributed by atoms with Crippen LogP contribution in [0.3, 0.4) is 0 Å². The van der Waals surface area contributed by atoms with E-state index in [0.29, 0.717) is 24.8 Å². The molecule has 4 nitrogen and oxygen atoms in total. The van der Waals surface area contributed by atoms with Crippen molar-refractivity contribution >= 4 is 11.6 Å². The molecule has 0 spiro atoms. The van der Waals surface area contributed by atoms with E-state index < -0.39 is 0 Å². The van der Waals surface area contributed by atoms with Gasteiger partial charge in [0.05, 0.1) is 6.61 Å². The number of carbonyl (C=O) groups is 1. The fourth-order valence-electron chi connectivity index (χ4n) is 2.83. The van der Waals surface area contributed by atoms with E-state index in [9.17, 15) is 4.79 Å². The first-order valence-electron chi connectivity index (χ1n) is 7.85. The molecule has 0 fully saturated rings. The van der Waals surface area contributed by atoms with Gasteiger partial charge in [0.25, 0.3) is 0 Å². The van der Waals surface area contributed by atoms with Crippen molar-refractivity contribution in [3.8, 4) is 5.75 Å². The van der Waals surface area contributed by atoms with Crippen molar-refractivity contribution in [2.75, 3.05) is 18.5 Å². The van der Waals surface area contributed by atoms with Crippen molar-refractivity contribution in [1.29, 1.82) is 0 Å². The summed E-state index contributed by atoms with van der Waals surface area (Å²) < 4.78 is 5.47. The van der Waals surface area contributed by atoms with Crippen LogP contribution in [0, 0.1) is 11.8 Å². The number of ether oxygens (including phenoxy) is 1. The molecule has 1 aromatic rings. The maximum absolute atomic E-state index is 12.1. The number of hydrogen-bond donors (Lipinski definition) is 2. The number of fused-ring (bicyclic) bond motifs is 1. The first-order valence-corrected chi connectivity index (χ1v) is 7.85. The first kappa shape index (κ1) is 15.8. The van der Waals surface area contributed by atoms with Gasteiger partial charge >= 0.3 is 0 Å². The lowest BCUT2D eigenvalue weighted by atomic mass is 9.88. The summed E-state index contributed by atoms with van der Waals surface area (Å²) in [5.41, 5.74) is 7.68. The zero-order valence-corrected chi connectivity index (χ0v) is 13.0. The topological polar surface area (TPSA) is 64.4 Å². The van der Waals surface area contributed by atoms with Crippen molar-refractivity contribution in [1.82, 2.24) is 0 Å². The van der Waals surface area contributed by atoms with Crippen molar-refractivity contribution in [3.05, 3.63) is 23.8 Å². The fraction of sp³-hybridized carbons (Fsp3) is 0.588. The van der Waals surface area contributed by atoms with E-state index in [0.717, 1.165) is 37.3 Å². The summed E-state index contributed by atoms with van der Waals surface area (Å²) in [6.07, 6.45) is 3.36. The van der Waals surface area contributed by atoms with Crippen LogP contribution in [0.2, 0.25) is 0 Å². The van der Waals surface area contributed by atoms with E-state index in [2.05, 4.69) is 19.2 Å². The smallest absolute Gasteiger partial charge is 0.224 e. The van der Waals surface area contributed by atoms with Gasteiger partial charge in [-0.15, -0.1) is 0 Å². The summed E-state index contributed by atoms with van der Waals surface area (Å²) in [5, 5.41) is 2.98. The fourth-order valence-corrected chi connectivity index (χ4v) is 2.83. The van der Waals surface area contributed by atoms with Crippen molar-refractivity contribution in [2.45, 2.75) is 39.5 Å². The van der Waals surface area contributed by atoms with Crippen LogP contribution in [0.4, 0.5) is 5.69 Å². The van der Waals surface area contributed by atoms with Crippen molar-refractivity contribution < 1.29 is 9.53 Å². The molecule has 0 saturated heterocycles. The van der Waals surface area contributed by atoms with Gasteiger partial charge in [-0.05, 0) is 55.0 Å². The second-order valence-electron chi connectivity index (χ2n) is 6.09. The van der Waals surface area contributed by atoms with Gasteiger partial charge in [-0.25, -0.2) is 0 Å². The highest BCUT2D eigenvalue weighted by atomic mass is 16.5. The Labute approximate surface area is 127 Å². The number of anilines is 1. The van der Waals surface area contributed by atoms with E-state index in [4.69, 9.17) is 10.5 Å². The van der Waals surface area contributed by atoms with Gasteiger partial charge in [-0.1, -0.05) is 13.8 Å². The Morgan fingerprint density at radius 1 is 1.38 bits per heavy atom. The second-order valence-corrected chi connectivity index (χ2v) is 6.09. The van der Waals surface area contributed by atoms with Crippen molar-refractivity contribution in [3.63, 3.8) is 0 Å². The predicted octanol–water partition coefficient (Wildman–Crippen LogP) is 2.96. The lowest BCUT2D eigenvalue weighted by molar-refractivity contribution is -0.116. The summed E-state index contributed by atoms with van der Waals surface area (Å²) in [4.78, 5) is 12.1. The molecule has 1 aromatic carbocycles. The van der Waals surface area contributed by atoms with Crippen LogP contribution in [0.1, 0.15) is 38.7 Å². The number of carbonyl (C=O) groups excluding carboxylic acids is 1. The average molecular weight is 290 g/mol. The molecule has 1 aliphatic rings. The molecule has 116 valence electrons. The third kappa shape index (κ3) is 4.46. The maximum Gasteiger partial charge on any atom is 0.224 e. The summed E-state index contributed by atoms with van der Waals surface area (Å²) in [7, 11) is 0. The molecule has 1 atom stereocenters. The summed E-state index contributed by atoms with van der Waals surface area (Å²) in [6.45, 7) is 5.81. The van der Waals surface area contributed by atoms with Gasteiger partial charge in [-0.3, -0.25) is 4.79 Å². The summed E-state index contributed by atoms with van der Waals surface area (Å²) >= 11 is 0. The molecular weight excluding hydrogens is 264 g/mol. The van der Waals surface area contributed by atoms with E-state index in [-0.39, 0.29) is 5.91 Å². The molecule has 1 aliphatic heterocycles. The highest BCUT2D eigenvalue weighted by molar-refractivity contribution is 5.90. The molecule has 1 heterocycles. The van der Waals surface area contributed by atoms with Crippen LogP contribution >= 0.6 is 0 Å². The number of amides is 1. The normalized spacial score (nSPS) is 14.7. The first-order chi connectivity index (χ1) is 10.1. The highest BCUT2D eigenvalue weighted by Gasteiger charge is 2.16. The van der Waals surface area contributed by atoms with E-state index in [1.54, 1.807) is 0 Å². The molecule has 21 heavy (non-hydrogen) atoms. The largest absolute Gasteiger partial charge is 0.493 e. The second kappa shape index (κ2) is 7.46. The molecule has 0 aliphatic carbocycles. The van der Waals surface area contributed by atoms with Crippen LogP contribution in [0.25, 0.3) is 0 Å². The highest BCUT2D eigenvalue weighted by Crippen LogP contribution is 2.28. The Morgan fingerprint density at radius 2 is 2.19 bits per heavy atom. The molecule has 2 rings (SSSR count). The summed E-state index contributed by atoms with van der Waals surface area (Å²) in [6, 6.07) is 5.85. The van der Waals surface area contributed by atoms with Crippen LogP contribution in [-0.4, -0.2) is 19.1 Å². The monoisotopic (exact) mass is 290 g/mol. The lowest BCUT2D eigenvalue weighted by Crippen LogP contribution is -2.18. The van der Waals surface area contributed by atoms with E-state index >= 15 is 0 Å². The number of benzene rings is 1. The number of nitrogens with two attached hydrogens (primary N) is 1. The molecule has 3 N–H and O–H groups in total. The standard InChI is InChI=1S/C17H26N2O2/c1-12(2)13(7-9-18)3-6-17(20)19-15-4-5-16-14(11-15)8-10-21-16/h4-5,11-13H,3,6-10,18H2,1-2H3,(H,19,20). The van der Waals surface area contributed by atoms with E-state index in [1.807, 2.05) is 18.2 Å².